The minimum atomic E-state index is -0.325. The van der Waals surface area contributed by atoms with Crippen LogP contribution < -0.4 is 0 Å². The summed E-state index contributed by atoms with van der Waals surface area (Å²) in [5.74, 6) is 0.0954. The van der Waals surface area contributed by atoms with Crippen molar-refractivity contribution in [3.63, 3.8) is 0 Å². The summed E-state index contributed by atoms with van der Waals surface area (Å²) in [6, 6.07) is 15.9. The molecule has 0 aliphatic heterocycles. The molecule has 0 spiro atoms. The van der Waals surface area contributed by atoms with E-state index >= 15 is 0 Å². The molecule has 104 valence electrons. The summed E-state index contributed by atoms with van der Waals surface area (Å²) >= 11 is 6.21. The number of rotatable bonds is 2. The van der Waals surface area contributed by atoms with Crippen molar-refractivity contribution in [3.8, 4) is 22.6 Å². The minimum Gasteiger partial charge on any atom is -0.228 e. The highest BCUT2D eigenvalue weighted by Crippen LogP contribution is 2.28. The van der Waals surface area contributed by atoms with Gasteiger partial charge in [-0.3, -0.25) is 0 Å². The van der Waals surface area contributed by atoms with Crippen molar-refractivity contribution < 1.29 is 4.39 Å². The zero-order chi connectivity index (χ0) is 14.8. The maximum atomic E-state index is 13.4. The summed E-state index contributed by atoms with van der Waals surface area (Å²) < 4.78 is 13.4. The maximum Gasteiger partial charge on any atom is 0.161 e. The smallest absolute Gasteiger partial charge is 0.161 e. The quantitative estimate of drug-likeness (QED) is 0.628. The molecular weight excluding hydrogens is 287 g/mol. The molecule has 21 heavy (non-hydrogen) atoms. The zero-order valence-corrected chi connectivity index (χ0v) is 12.1. The molecule has 1 heterocycles. The van der Waals surface area contributed by atoms with Crippen molar-refractivity contribution in [1.29, 1.82) is 0 Å². The fraction of sp³-hybridized carbons (Fsp3) is 0.0588. The van der Waals surface area contributed by atoms with Gasteiger partial charge in [0, 0.05) is 16.7 Å². The van der Waals surface area contributed by atoms with Crippen LogP contribution in [0.1, 0.15) is 5.56 Å². The van der Waals surface area contributed by atoms with E-state index in [4.69, 9.17) is 11.6 Å². The summed E-state index contributed by atoms with van der Waals surface area (Å²) in [7, 11) is 0. The van der Waals surface area contributed by atoms with Gasteiger partial charge in [0.2, 0.25) is 0 Å². The van der Waals surface area contributed by atoms with E-state index in [9.17, 15) is 4.39 Å². The highest BCUT2D eigenvalue weighted by molar-refractivity contribution is 6.30. The van der Waals surface area contributed by atoms with E-state index in [-0.39, 0.29) is 5.82 Å². The first-order valence-electron chi connectivity index (χ1n) is 6.50. The van der Waals surface area contributed by atoms with Gasteiger partial charge in [-0.2, -0.15) is 0 Å². The van der Waals surface area contributed by atoms with Crippen LogP contribution in [-0.2, 0) is 0 Å². The van der Waals surface area contributed by atoms with Gasteiger partial charge in [-0.25, -0.2) is 14.4 Å². The molecule has 0 aliphatic rings. The van der Waals surface area contributed by atoms with E-state index < -0.39 is 0 Å². The van der Waals surface area contributed by atoms with Gasteiger partial charge in [0.1, 0.15) is 11.0 Å². The molecule has 0 saturated heterocycles. The van der Waals surface area contributed by atoms with E-state index in [2.05, 4.69) is 9.97 Å². The van der Waals surface area contributed by atoms with E-state index in [0.29, 0.717) is 16.5 Å². The predicted octanol–water partition coefficient (Wildman–Crippen LogP) is 4.91. The fourth-order valence-electron chi connectivity index (χ4n) is 2.12. The van der Waals surface area contributed by atoms with Crippen molar-refractivity contribution in [1.82, 2.24) is 9.97 Å². The topological polar surface area (TPSA) is 25.8 Å². The number of nitrogens with zero attached hydrogens (tertiary/aromatic N) is 2. The Hall–Kier alpha value is -2.26. The molecule has 0 amide bonds. The third-order valence-electron chi connectivity index (χ3n) is 3.22. The average Bonchev–Trinajstić information content (AvgIpc) is 2.51. The van der Waals surface area contributed by atoms with Gasteiger partial charge in [-0.05, 0) is 19.1 Å². The van der Waals surface area contributed by atoms with E-state index in [1.54, 1.807) is 12.1 Å². The second-order valence-electron chi connectivity index (χ2n) is 4.69. The second kappa shape index (κ2) is 5.62. The summed E-state index contributed by atoms with van der Waals surface area (Å²) in [5.41, 5.74) is 3.13. The average molecular weight is 299 g/mol. The lowest BCUT2D eigenvalue weighted by Crippen LogP contribution is -1.97. The molecule has 0 radical (unpaired) electrons. The van der Waals surface area contributed by atoms with Crippen LogP contribution in [0.2, 0.25) is 5.15 Å². The third kappa shape index (κ3) is 2.78. The Kier molecular flexibility index (Phi) is 3.67. The van der Waals surface area contributed by atoms with Crippen LogP contribution in [0.5, 0.6) is 0 Å². The normalized spacial score (nSPS) is 10.6. The number of halogens is 2. The molecule has 0 N–H and O–H groups in total. The van der Waals surface area contributed by atoms with Crippen LogP contribution in [0, 0.1) is 12.7 Å². The zero-order valence-electron chi connectivity index (χ0n) is 11.3. The van der Waals surface area contributed by atoms with Crippen LogP contribution in [-0.4, -0.2) is 9.97 Å². The largest absolute Gasteiger partial charge is 0.228 e. The second-order valence-corrected chi connectivity index (χ2v) is 5.05. The highest BCUT2D eigenvalue weighted by Gasteiger charge is 2.12. The number of aromatic nitrogens is 2. The fourth-order valence-corrected chi connectivity index (χ4v) is 2.29. The van der Waals surface area contributed by atoms with Gasteiger partial charge >= 0.3 is 0 Å². The molecule has 0 atom stereocenters. The number of hydrogen-bond acceptors (Lipinski definition) is 2. The van der Waals surface area contributed by atoms with Crippen LogP contribution in [0.25, 0.3) is 22.6 Å². The first-order chi connectivity index (χ1) is 10.1. The van der Waals surface area contributed by atoms with Crippen LogP contribution in [0.3, 0.4) is 0 Å². The number of benzene rings is 2. The van der Waals surface area contributed by atoms with Gasteiger partial charge in [0.05, 0.1) is 5.69 Å². The summed E-state index contributed by atoms with van der Waals surface area (Å²) in [5, 5.41) is 0.378. The first-order valence-corrected chi connectivity index (χ1v) is 6.88. The van der Waals surface area contributed by atoms with E-state index in [1.165, 1.54) is 12.1 Å². The van der Waals surface area contributed by atoms with Gasteiger partial charge in [-0.1, -0.05) is 54.1 Å². The van der Waals surface area contributed by atoms with Crippen molar-refractivity contribution >= 4 is 11.6 Å². The molecular formula is C17H12ClFN2. The van der Waals surface area contributed by atoms with Crippen molar-refractivity contribution in [2.75, 3.05) is 0 Å². The monoisotopic (exact) mass is 298 g/mol. The van der Waals surface area contributed by atoms with E-state index in [0.717, 1.165) is 16.8 Å². The van der Waals surface area contributed by atoms with Gasteiger partial charge in [-0.15, -0.1) is 0 Å². The lowest BCUT2D eigenvalue weighted by Gasteiger charge is -2.09. The van der Waals surface area contributed by atoms with Crippen LogP contribution >= 0.6 is 11.6 Å². The lowest BCUT2D eigenvalue weighted by molar-refractivity contribution is 0.628. The molecule has 0 aliphatic carbocycles. The Balaban J connectivity index is 2.19. The Labute approximate surface area is 127 Å². The summed E-state index contributed by atoms with van der Waals surface area (Å²) in [4.78, 5) is 8.81. The van der Waals surface area contributed by atoms with Crippen LogP contribution in [0.15, 0.2) is 54.6 Å². The summed E-state index contributed by atoms with van der Waals surface area (Å²) in [6.07, 6.45) is 0. The van der Waals surface area contributed by atoms with E-state index in [1.807, 2.05) is 37.3 Å². The van der Waals surface area contributed by atoms with Crippen LogP contribution in [0.4, 0.5) is 4.39 Å². The Bertz CT molecular complexity index is 788. The predicted molar refractivity (Wildman–Crippen MR) is 82.6 cm³/mol. The molecule has 1 aromatic heterocycles. The molecule has 0 bridgehead atoms. The van der Waals surface area contributed by atoms with Crippen molar-refractivity contribution in [2.24, 2.45) is 0 Å². The van der Waals surface area contributed by atoms with Gasteiger partial charge in [0.25, 0.3) is 0 Å². The minimum absolute atomic E-state index is 0.325. The molecule has 3 aromatic rings. The molecule has 2 aromatic carbocycles. The van der Waals surface area contributed by atoms with Crippen molar-refractivity contribution in [3.05, 3.63) is 71.1 Å². The highest BCUT2D eigenvalue weighted by atomic mass is 35.5. The first kappa shape index (κ1) is 13.7. The molecule has 3 rings (SSSR count). The molecule has 4 heteroatoms. The molecule has 0 saturated carbocycles. The maximum absolute atomic E-state index is 13.4. The van der Waals surface area contributed by atoms with Gasteiger partial charge < -0.3 is 0 Å². The lowest BCUT2D eigenvalue weighted by atomic mass is 10.1. The molecule has 2 nitrogen and oxygen atoms in total. The summed E-state index contributed by atoms with van der Waals surface area (Å²) in [6.45, 7) is 1.88. The van der Waals surface area contributed by atoms with Gasteiger partial charge in [0.15, 0.2) is 5.82 Å². The Morgan fingerprint density at radius 2 is 1.62 bits per heavy atom. The standard InChI is InChI=1S/C17H12ClFN2/c1-11-15(12-6-3-2-4-7-12)20-17(21-16(11)18)13-8-5-9-14(19)10-13/h2-10H,1H3. The SMILES string of the molecule is Cc1c(Cl)nc(-c2cccc(F)c2)nc1-c1ccccc1. The Morgan fingerprint density at radius 1 is 0.905 bits per heavy atom. The Morgan fingerprint density at radius 3 is 2.33 bits per heavy atom. The van der Waals surface area contributed by atoms with Crippen molar-refractivity contribution in [2.45, 2.75) is 6.92 Å². The molecule has 0 unspecified atom stereocenters. The third-order valence-corrected chi connectivity index (χ3v) is 3.58. The molecule has 0 fully saturated rings. The number of hydrogen-bond donors (Lipinski definition) is 0.